The molecule has 20 heavy (non-hydrogen) atoms. The quantitative estimate of drug-likeness (QED) is 0.638. The SMILES string of the molecule is CCCCC(CCC)Nc1cccc(SC)c1C(=O)O. The van der Waals surface area contributed by atoms with Crippen LogP contribution in [0.4, 0.5) is 5.69 Å². The van der Waals surface area contributed by atoms with Crippen LogP contribution in [0.15, 0.2) is 23.1 Å². The maximum atomic E-state index is 11.5. The van der Waals surface area contributed by atoms with Crippen LogP contribution in [0.1, 0.15) is 56.3 Å². The smallest absolute Gasteiger partial charge is 0.338 e. The molecular formula is C16H25NO2S. The number of carbonyl (C=O) groups is 1. The van der Waals surface area contributed by atoms with Crippen LogP contribution >= 0.6 is 11.8 Å². The van der Waals surface area contributed by atoms with Gasteiger partial charge in [0.25, 0.3) is 0 Å². The van der Waals surface area contributed by atoms with Crippen molar-refractivity contribution in [1.29, 1.82) is 0 Å². The lowest BCUT2D eigenvalue weighted by molar-refractivity contribution is 0.0694. The molecule has 112 valence electrons. The van der Waals surface area contributed by atoms with Gasteiger partial charge >= 0.3 is 5.97 Å². The van der Waals surface area contributed by atoms with Gasteiger partial charge in [0.1, 0.15) is 0 Å². The zero-order valence-corrected chi connectivity index (χ0v) is 13.4. The third-order valence-electron chi connectivity index (χ3n) is 3.36. The highest BCUT2D eigenvalue weighted by atomic mass is 32.2. The Bertz CT molecular complexity index is 434. The number of nitrogens with one attached hydrogen (secondary N) is 1. The number of carboxylic acids is 1. The van der Waals surface area contributed by atoms with E-state index < -0.39 is 5.97 Å². The number of anilines is 1. The highest BCUT2D eigenvalue weighted by molar-refractivity contribution is 7.98. The maximum Gasteiger partial charge on any atom is 0.338 e. The molecule has 3 nitrogen and oxygen atoms in total. The van der Waals surface area contributed by atoms with Gasteiger partial charge in [-0.05, 0) is 31.2 Å². The van der Waals surface area contributed by atoms with E-state index in [0.717, 1.165) is 29.8 Å². The summed E-state index contributed by atoms with van der Waals surface area (Å²) in [5.74, 6) is -0.858. The van der Waals surface area contributed by atoms with E-state index in [1.54, 1.807) is 0 Å². The van der Waals surface area contributed by atoms with Crippen LogP contribution in [0.3, 0.4) is 0 Å². The minimum absolute atomic E-state index is 0.357. The number of aromatic carboxylic acids is 1. The number of unbranched alkanes of at least 4 members (excludes halogenated alkanes) is 1. The Hall–Kier alpha value is -1.16. The topological polar surface area (TPSA) is 49.3 Å². The van der Waals surface area contributed by atoms with Crippen molar-refractivity contribution in [2.75, 3.05) is 11.6 Å². The molecule has 1 unspecified atom stereocenters. The van der Waals surface area contributed by atoms with E-state index in [9.17, 15) is 9.90 Å². The molecule has 0 amide bonds. The third-order valence-corrected chi connectivity index (χ3v) is 4.14. The largest absolute Gasteiger partial charge is 0.478 e. The molecule has 0 saturated carbocycles. The van der Waals surface area contributed by atoms with E-state index in [4.69, 9.17) is 0 Å². The standard InChI is InChI=1S/C16H25NO2S/c1-4-6-9-12(8-5-2)17-13-10-7-11-14(20-3)15(13)16(18)19/h7,10-12,17H,4-6,8-9H2,1-3H3,(H,18,19). The Labute approximate surface area is 126 Å². The normalized spacial score (nSPS) is 12.2. The number of carboxylic acid groups (broad SMARTS) is 1. The average Bonchev–Trinajstić information content (AvgIpc) is 2.44. The first kappa shape index (κ1) is 16.9. The predicted molar refractivity (Wildman–Crippen MR) is 87.0 cm³/mol. The van der Waals surface area contributed by atoms with Crippen LogP contribution < -0.4 is 5.32 Å². The Morgan fingerprint density at radius 3 is 2.60 bits per heavy atom. The number of benzene rings is 1. The molecule has 2 N–H and O–H groups in total. The van der Waals surface area contributed by atoms with Crippen molar-refractivity contribution in [1.82, 2.24) is 0 Å². The average molecular weight is 295 g/mol. The van der Waals surface area contributed by atoms with E-state index in [2.05, 4.69) is 19.2 Å². The molecule has 0 aliphatic rings. The van der Waals surface area contributed by atoms with Gasteiger partial charge in [-0.1, -0.05) is 39.2 Å². The Morgan fingerprint density at radius 2 is 2.05 bits per heavy atom. The Morgan fingerprint density at radius 1 is 1.30 bits per heavy atom. The summed E-state index contributed by atoms with van der Waals surface area (Å²) in [6.45, 7) is 4.34. The summed E-state index contributed by atoms with van der Waals surface area (Å²) in [7, 11) is 0. The molecule has 0 heterocycles. The number of hydrogen-bond acceptors (Lipinski definition) is 3. The summed E-state index contributed by atoms with van der Waals surface area (Å²) in [5.41, 5.74) is 1.15. The van der Waals surface area contributed by atoms with Crippen molar-refractivity contribution in [3.8, 4) is 0 Å². The lowest BCUT2D eigenvalue weighted by atomic mass is 10.0. The first-order valence-corrected chi connectivity index (χ1v) is 8.53. The zero-order valence-electron chi connectivity index (χ0n) is 12.6. The molecule has 1 aromatic carbocycles. The van der Waals surface area contributed by atoms with E-state index in [-0.39, 0.29) is 0 Å². The summed E-state index contributed by atoms with van der Waals surface area (Å²) in [6.07, 6.45) is 7.51. The molecule has 1 atom stereocenters. The van der Waals surface area contributed by atoms with Crippen LogP contribution in [0.5, 0.6) is 0 Å². The van der Waals surface area contributed by atoms with Crippen molar-refractivity contribution in [2.24, 2.45) is 0 Å². The molecule has 0 aliphatic carbocycles. The third kappa shape index (κ3) is 4.75. The van der Waals surface area contributed by atoms with Crippen molar-refractivity contribution in [3.05, 3.63) is 23.8 Å². The summed E-state index contributed by atoms with van der Waals surface area (Å²) < 4.78 is 0. The first-order valence-electron chi connectivity index (χ1n) is 7.30. The van der Waals surface area contributed by atoms with E-state index in [0.29, 0.717) is 11.6 Å². The maximum absolute atomic E-state index is 11.5. The van der Waals surface area contributed by atoms with Crippen LogP contribution in [0.25, 0.3) is 0 Å². The molecule has 0 saturated heterocycles. The molecule has 0 aromatic heterocycles. The monoisotopic (exact) mass is 295 g/mol. The van der Waals surface area contributed by atoms with E-state index in [1.807, 2.05) is 24.5 Å². The van der Waals surface area contributed by atoms with Crippen molar-refractivity contribution < 1.29 is 9.90 Å². The van der Waals surface area contributed by atoms with Gasteiger partial charge in [-0.15, -0.1) is 11.8 Å². The predicted octanol–water partition coefficient (Wildman–Crippen LogP) is 4.88. The molecule has 0 bridgehead atoms. The summed E-state index contributed by atoms with van der Waals surface area (Å²) in [6, 6.07) is 6.01. The number of hydrogen-bond donors (Lipinski definition) is 2. The molecule has 0 fully saturated rings. The lowest BCUT2D eigenvalue weighted by Gasteiger charge is -2.21. The van der Waals surface area contributed by atoms with Gasteiger partial charge in [0.05, 0.1) is 11.3 Å². The minimum Gasteiger partial charge on any atom is -0.478 e. The fourth-order valence-electron chi connectivity index (χ4n) is 2.35. The van der Waals surface area contributed by atoms with Gasteiger partial charge < -0.3 is 10.4 Å². The number of rotatable bonds is 9. The molecular weight excluding hydrogens is 270 g/mol. The second-order valence-electron chi connectivity index (χ2n) is 4.96. The molecule has 1 aromatic rings. The highest BCUT2D eigenvalue weighted by Crippen LogP contribution is 2.28. The molecule has 0 spiro atoms. The fraction of sp³-hybridized carbons (Fsp3) is 0.562. The van der Waals surface area contributed by atoms with E-state index >= 15 is 0 Å². The van der Waals surface area contributed by atoms with Gasteiger partial charge in [0.15, 0.2) is 0 Å². The van der Waals surface area contributed by atoms with E-state index in [1.165, 1.54) is 24.6 Å². The molecule has 4 heteroatoms. The van der Waals surface area contributed by atoms with Crippen LogP contribution in [-0.4, -0.2) is 23.4 Å². The van der Waals surface area contributed by atoms with Gasteiger partial charge in [-0.25, -0.2) is 4.79 Å². The first-order chi connectivity index (χ1) is 9.63. The molecule has 1 rings (SSSR count). The van der Waals surface area contributed by atoms with Crippen LogP contribution in [0, 0.1) is 0 Å². The second kappa shape index (κ2) is 8.90. The highest BCUT2D eigenvalue weighted by Gasteiger charge is 2.17. The summed E-state index contributed by atoms with van der Waals surface area (Å²) in [4.78, 5) is 12.3. The lowest BCUT2D eigenvalue weighted by Crippen LogP contribution is -2.21. The zero-order chi connectivity index (χ0) is 15.0. The summed E-state index contributed by atoms with van der Waals surface area (Å²) >= 11 is 1.48. The van der Waals surface area contributed by atoms with Crippen molar-refractivity contribution in [3.63, 3.8) is 0 Å². The van der Waals surface area contributed by atoms with Crippen LogP contribution in [-0.2, 0) is 0 Å². The Kier molecular flexibility index (Phi) is 7.52. The Balaban J connectivity index is 2.96. The fourth-order valence-corrected chi connectivity index (χ4v) is 2.97. The molecule has 0 aliphatic heterocycles. The second-order valence-corrected chi connectivity index (χ2v) is 5.81. The van der Waals surface area contributed by atoms with Gasteiger partial charge in [-0.3, -0.25) is 0 Å². The van der Waals surface area contributed by atoms with Crippen molar-refractivity contribution >= 4 is 23.4 Å². The number of thioether (sulfide) groups is 1. The van der Waals surface area contributed by atoms with Gasteiger partial charge in [0.2, 0.25) is 0 Å². The minimum atomic E-state index is -0.858. The van der Waals surface area contributed by atoms with Gasteiger partial charge in [0, 0.05) is 10.9 Å². The molecule has 0 radical (unpaired) electrons. The van der Waals surface area contributed by atoms with Crippen molar-refractivity contribution in [2.45, 2.75) is 56.9 Å². The van der Waals surface area contributed by atoms with Gasteiger partial charge in [-0.2, -0.15) is 0 Å². The summed E-state index contributed by atoms with van der Waals surface area (Å²) in [5, 5.41) is 12.9. The van der Waals surface area contributed by atoms with Crippen LogP contribution in [0.2, 0.25) is 0 Å².